The van der Waals surface area contributed by atoms with Crippen molar-refractivity contribution >= 4 is 24.0 Å². The maximum atomic E-state index is 12.9. The molecular formula is C22H27N9O2. The van der Waals surface area contributed by atoms with Gasteiger partial charge in [0.1, 0.15) is 0 Å². The van der Waals surface area contributed by atoms with Gasteiger partial charge in [0.25, 0.3) is 5.91 Å². The molecule has 0 bridgehead atoms. The molecule has 0 unspecified atom stereocenters. The number of benzene rings is 1. The number of rotatable bonds is 7. The number of allylic oxidation sites excluding steroid dienone is 1. The molecule has 2 aromatic heterocycles. The van der Waals surface area contributed by atoms with Gasteiger partial charge in [0.05, 0.1) is 11.9 Å². The Labute approximate surface area is 191 Å². The molecule has 11 nitrogen and oxygen atoms in total. The van der Waals surface area contributed by atoms with Gasteiger partial charge in [0, 0.05) is 6.54 Å². The lowest BCUT2D eigenvalue weighted by molar-refractivity contribution is 0.0947. The number of hydrogen-bond donors (Lipinski definition) is 2. The van der Waals surface area contributed by atoms with Crippen molar-refractivity contribution in [2.75, 3.05) is 18.8 Å². The zero-order valence-corrected chi connectivity index (χ0v) is 18.7. The van der Waals surface area contributed by atoms with E-state index in [1.54, 1.807) is 6.21 Å². The van der Waals surface area contributed by atoms with Crippen molar-refractivity contribution in [2.24, 2.45) is 11.0 Å². The quantitative estimate of drug-likeness (QED) is 0.413. The second-order valence-electron chi connectivity index (χ2n) is 8.23. The molecule has 0 radical (unpaired) electrons. The molecule has 0 aliphatic carbocycles. The molecule has 1 aromatic carbocycles. The number of anilines is 1. The van der Waals surface area contributed by atoms with Crippen LogP contribution in [0.3, 0.4) is 0 Å². The average molecular weight is 450 g/mol. The minimum atomic E-state index is -0.472. The molecule has 11 heteroatoms. The first-order valence-corrected chi connectivity index (χ1v) is 10.8. The monoisotopic (exact) mass is 449 g/mol. The van der Waals surface area contributed by atoms with E-state index >= 15 is 0 Å². The normalized spacial score (nSPS) is 15.9. The van der Waals surface area contributed by atoms with Crippen LogP contribution >= 0.6 is 0 Å². The number of aromatic nitrogens is 5. The van der Waals surface area contributed by atoms with E-state index in [-0.39, 0.29) is 17.3 Å². The van der Waals surface area contributed by atoms with Crippen LogP contribution in [-0.2, 0) is 6.54 Å². The van der Waals surface area contributed by atoms with Gasteiger partial charge in [-0.25, -0.2) is 10.1 Å². The SMILES string of the molecule is CC(/C=N\NC(=O)c1nnn(-c2nonc2N)c1CN1CCC(C)CC1)=C/c1ccccc1. The summed E-state index contributed by atoms with van der Waals surface area (Å²) >= 11 is 0. The average Bonchev–Trinajstić information content (AvgIpc) is 3.41. The van der Waals surface area contributed by atoms with Crippen LogP contribution in [0.25, 0.3) is 11.9 Å². The highest BCUT2D eigenvalue weighted by molar-refractivity contribution is 5.94. The lowest BCUT2D eigenvalue weighted by Gasteiger charge is -2.30. The number of hydrazone groups is 1. The second-order valence-corrected chi connectivity index (χ2v) is 8.23. The van der Waals surface area contributed by atoms with Gasteiger partial charge in [-0.3, -0.25) is 9.69 Å². The topological polar surface area (TPSA) is 140 Å². The zero-order valence-electron chi connectivity index (χ0n) is 18.7. The van der Waals surface area contributed by atoms with Crippen LogP contribution in [0.15, 0.2) is 45.6 Å². The minimum absolute atomic E-state index is 0.0695. The highest BCUT2D eigenvalue weighted by Crippen LogP contribution is 2.21. The molecule has 1 aliphatic rings. The number of carbonyl (C=O) groups excluding carboxylic acids is 1. The number of piperidine rings is 1. The van der Waals surface area contributed by atoms with Crippen LogP contribution in [0, 0.1) is 5.92 Å². The lowest BCUT2D eigenvalue weighted by Crippen LogP contribution is -2.34. The van der Waals surface area contributed by atoms with Crippen LogP contribution in [0.4, 0.5) is 5.82 Å². The summed E-state index contributed by atoms with van der Waals surface area (Å²) in [7, 11) is 0. The third kappa shape index (κ3) is 5.50. The van der Waals surface area contributed by atoms with Gasteiger partial charge < -0.3 is 5.73 Å². The van der Waals surface area contributed by atoms with Crippen LogP contribution in [0.1, 0.15) is 48.4 Å². The Morgan fingerprint density at radius 2 is 2.03 bits per heavy atom. The number of carbonyl (C=O) groups is 1. The predicted molar refractivity (Wildman–Crippen MR) is 123 cm³/mol. The smallest absolute Gasteiger partial charge is 0.293 e. The van der Waals surface area contributed by atoms with E-state index in [0.717, 1.165) is 37.1 Å². The number of likely N-dealkylation sites (tertiary alicyclic amines) is 1. The molecule has 3 aromatic rings. The largest absolute Gasteiger partial charge is 0.378 e. The summed E-state index contributed by atoms with van der Waals surface area (Å²) in [4.78, 5) is 15.2. The lowest BCUT2D eigenvalue weighted by atomic mass is 9.99. The molecule has 0 spiro atoms. The number of amides is 1. The molecule has 0 atom stereocenters. The maximum Gasteiger partial charge on any atom is 0.293 e. The number of nitrogens with one attached hydrogen (secondary N) is 1. The number of nitrogens with two attached hydrogens (primary N) is 1. The molecule has 1 saturated heterocycles. The number of nitrogen functional groups attached to an aromatic ring is 1. The Kier molecular flexibility index (Phi) is 6.89. The molecule has 4 rings (SSSR count). The van der Waals surface area contributed by atoms with E-state index in [1.165, 1.54) is 4.68 Å². The Balaban J connectivity index is 1.52. The van der Waals surface area contributed by atoms with E-state index < -0.39 is 5.91 Å². The fraction of sp³-hybridized carbons (Fsp3) is 0.364. The third-order valence-corrected chi connectivity index (χ3v) is 5.55. The van der Waals surface area contributed by atoms with Crippen molar-refractivity contribution < 1.29 is 9.42 Å². The van der Waals surface area contributed by atoms with E-state index in [0.29, 0.717) is 18.2 Å². The van der Waals surface area contributed by atoms with E-state index in [2.05, 4.69) is 43.0 Å². The molecule has 1 fully saturated rings. The molecule has 172 valence electrons. The second kappa shape index (κ2) is 10.2. The first-order chi connectivity index (χ1) is 16.0. The third-order valence-electron chi connectivity index (χ3n) is 5.55. The summed E-state index contributed by atoms with van der Waals surface area (Å²) in [6.07, 6.45) is 5.73. The van der Waals surface area contributed by atoms with Gasteiger partial charge in [-0.2, -0.15) is 9.78 Å². The van der Waals surface area contributed by atoms with Crippen LogP contribution in [0.2, 0.25) is 0 Å². The van der Waals surface area contributed by atoms with Gasteiger partial charge in [-0.05, 0) is 60.2 Å². The van der Waals surface area contributed by atoms with Crippen molar-refractivity contribution in [2.45, 2.75) is 33.2 Å². The Bertz CT molecular complexity index is 1140. The zero-order chi connectivity index (χ0) is 23.2. The van der Waals surface area contributed by atoms with E-state index in [4.69, 9.17) is 10.4 Å². The molecule has 3 heterocycles. The highest BCUT2D eigenvalue weighted by Gasteiger charge is 2.26. The first-order valence-electron chi connectivity index (χ1n) is 10.8. The predicted octanol–water partition coefficient (Wildman–Crippen LogP) is 2.28. The summed E-state index contributed by atoms with van der Waals surface area (Å²) in [5.41, 5.74) is 11.0. The van der Waals surface area contributed by atoms with Gasteiger partial charge in [0.15, 0.2) is 5.69 Å². The highest BCUT2D eigenvalue weighted by atomic mass is 16.6. The standard InChI is InChI=1S/C22H27N9O2/c1-15-8-10-30(11-9-15)14-18-19(25-29-31(18)21-20(23)27-33-28-21)22(32)26-24-13-16(2)12-17-6-4-3-5-7-17/h3-7,12-13,15H,8-11,14H2,1-2H3,(H2,23,27)(H,26,32)/b16-12-,24-13-. The number of hydrogen-bond acceptors (Lipinski definition) is 9. The Hall–Kier alpha value is -3.86. The van der Waals surface area contributed by atoms with Crippen molar-refractivity contribution in [3.8, 4) is 5.82 Å². The van der Waals surface area contributed by atoms with Crippen molar-refractivity contribution in [3.63, 3.8) is 0 Å². The van der Waals surface area contributed by atoms with E-state index in [9.17, 15) is 4.79 Å². The molecule has 0 saturated carbocycles. The van der Waals surface area contributed by atoms with Crippen LogP contribution < -0.4 is 11.2 Å². The van der Waals surface area contributed by atoms with Crippen LogP contribution in [-0.4, -0.2) is 55.4 Å². The summed E-state index contributed by atoms with van der Waals surface area (Å²) < 4.78 is 6.12. The maximum absolute atomic E-state index is 12.9. The van der Waals surface area contributed by atoms with Gasteiger partial charge in [-0.1, -0.05) is 48.5 Å². The van der Waals surface area contributed by atoms with Crippen molar-refractivity contribution in [1.82, 2.24) is 35.6 Å². The van der Waals surface area contributed by atoms with Crippen molar-refractivity contribution in [1.29, 1.82) is 0 Å². The fourth-order valence-corrected chi connectivity index (χ4v) is 3.65. The Morgan fingerprint density at radius 3 is 2.73 bits per heavy atom. The van der Waals surface area contributed by atoms with E-state index in [1.807, 2.05) is 43.3 Å². The van der Waals surface area contributed by atoms with Gasteiger partial charge in [0.2, 0.25) is 11.6 Å². The number of nitrogens with zero attached hydrogens (tertiary/aromatic N) is 7. The van der Waals surface area contributed by atoms with Gasteiger partial charge >= 0.3 is 0 Å². The first kappa shape index (κ1) is 22.3. The summed E-state index contributed by atoms with van der Waals surface area (Å²) in [6, 6.07) is 9.86. The van der Waals surface area contributed by atoms with Crippen LogP contribution in [0.5, 0.6) is 0 Å². The van der Waals surface area contributed by atoms with Crippen molar-refractivity contribution in [3.05, 3.63) is 52.9 Å². The molecule has 1 amide bonds. The molecule has 33 heavy (non-hydrogen) atoms. The summed E-state index contributed by atoms with van der Waals surface area (Å²) in [6.45, 7) is 6.45. The molecule has 1 aliphatic heterocycles. The Morgan fingerprint density at radius 1 is 1.27 bits per heavy atom. The minimum Gasteiger partial charge on any atom is -0.378 e. The molecule has 3 N–H and O–H groups in total. The molecular weight excluding hydrogens is 422 g/mol. The fourth-order valence-electron chi connectivity index (χ4n) is 3.65. The van der Waals surface area contributed by atoms with Gasteiger partial charge in [-0.15, -0.1) is 5.10 Å². The summed E-state index contributed by atoms with van der Waals surface area (Å²) in [5, 5.41) is 19.7. The summed E-state index contributed by atoms with van der Waals surface area (Å²) in [5.74, 6) is 0.483.